The van der Waals surface area contributed by atoms with Crippen LogP contribution in [0.3, 0.4) is 0 Å². The molecule has 2 N–H and O–H groups in total. The number of halogens is 1. The van der Waals surface area contributed by atoms with Crippen molar-refractivity contribution in [1.29, 1.82) is 0 Å². The van der Waals surface area contributed by atoms with E-state index in [2.05, 4.69) is 24.5 Å². The molecule has 0 fully saturated rings. The highest BCUT2D eigenvalue weighted by Gasteiger charge is 2.02. The molecule has 17 heavy (non-hydrogen) atoms. The van der Waals surface area contributed by atoms with Crippen molar-refractivity contribution in [2.24, 2.45) is 0 Å². The van der Waals surface area contributed by atoms with Gasteiger partial charge in [0.05, 0.1) is 0 Å². The predicted octanol–water partition coefficient (Wildman–Crippen LogP) is 2.61. The van der Waals surface area contributed by atoms with Crippen LogP contribution < -0.4 is 10.6 Å². The Balaban J connectivity index is 2.31. The zero-order chi connectivity index (χ0) is 12.7. The second-order valence-corrected chi connectivity index (χ2v) is 4.57. The smallest absolute Gasteiger partial charge is 0.126 e. The minimum atomic E-state index is -0.133. The number of nitrogens with one attached hydrogen (secondary N) is 2. The second kappa shape index (κ2) is 7.41. The summed E-state index contributed by atoms with van der Waals surface area (Å²) in [7, 11) is 0. The van der Waals surface area contributed by atoms with Crippen molar-refractivity contribution in [3.8, 4) is 0 Å². The molecule has 0 aliphatic rings. The fraction of sp³-hybridized carbons (Fsp3) is 0.571. The highest BCUT2D eigenvalue weighted by Crippen LogP contribution is 2.08. The molecule has 3 heteroatoms. The highest BCUT2D eigenvalue weighted by atomic mass is 19.1. The fourth-order valence-electron chi connectivity index (χ4n) is 1.68. The van der Waals surface area contributed by atoms with Crippen molar-refractivity contribution in [3.05, 3.63) is 35.1 Å². The summed E-state index contributed by atoms with van der Waals surface area (Å²) in [6.07, 6.45) is 1.16. The van der Waals surface area contributed by atoms with Gasteiger partial charge in [0.2, 0.25) is 0 Å². The Hall–Kier alpha value is -0.930. The minimum absolute atomic E-state index is 0.133. The van der Waals surface area contributed by atoms with Gasteiger partial charge >= 0.3 is 0 Å². The van der Waals surface area contributed by atoms with Crippen molar-refractivity contribution in [1.82, 2.24) is 10.6 Å². The molecular formula is C14H23FN2. The van der Waals surface area contributed by atoms with Gasteiger partial charge in [0, 0.05) is 19.1 Å². The Labute approximate surface area is 104 Å². The Kier molecular flexibility index (Phi) is 6.16. The topological polar surface area (TPSA) is 24.1 Å². The van der Waals surface area contributed by atoms with Gasteiger partial charge in [-0.1, -0.05) is 19.1 Å². The van der Waals surface area contributed by atoms with Crippen LogP contribution in [0.2, 0.25) is 0 Å². The molecule has 1 atom stereocenters. The first-order chi connectivity index (χ1) is 8.13. The van der Waals surface area contributed by atoms with Gasteiger partial charge in [-0.25, -0.2) is 4.39 Å². The Morgan fingerprint density at radius 3 is 2.76 bits per heavy atom. The lowest BCUT2D eigenvalue weighted by atomic mass is 10.1. The standard InChI is InChI=1S/C14H23FN2/c1-4-7-16-9-12(3)17-10-13-5-6-14(15)11(2)8-13/h5-6,8,12,16-17H,4,7,9-10H2,1-3H3. The van der Waals surface area contributed by atoms with E-state index in [1.807, 2.05) is 12.1 Å². The van der Waals surface area contributed by atoms with Crippen LogP contribution in [-0.2, 0) is 6.54 Å². The van der Waals surface area contributed by atoms with E-state index >= 15 is 0 Å². The first-order valence-corrected chi connectivity index (χ1v) is 6.32. The molecule has 2 nitrogen and oxygen atoms in total. The van der Waals surface area contributed by atoms with Gasteiger partial charge in [0.15, 0.2) is 0 Å². The van der Waals surface area contributed by atoms with Gasteiger partial charge in [0.25, 0.3) is 0 Å². The van der Waals surface area contributed by atoms with Gasteiger partial charge in [-0.3, -0.25) is 0 Å². The number of aryl methyl sites for hydroxylation is 1. The van der Waals surface area contributed by atoms with E-state index in [0.717, 1.165) is 31.6 Å². The summed E-state index contributed by atoms with van der Waals surface area (Å²) < 4.78 is 13.1. The molecule has 1 aromatic carbocycles. The molecule has 0 aromatic heterocycles. The molecule has 0 aliphatic heterocycles. The van der Waals surface area contributed by atoms with Crippen LogP contribution in [0.15, 0.2) is 18.2 Å². The van der Waals surface area contributed by atoms with E-state index in [4.69, 9.17) is 0 Å². The Morgan fingerprint density at radius 1 is 1.35 bits per heavy atom. The van der Waals surface area contributed by atoms with Gasteiger partial charge in [-0.05, 0) is 44.0 Å². The monoisotopic (exact) mass is 238 g/mol. The van der Waals surface area contributed by atoms with Crippen LogP contribution >= 0.6 is 0 Å². The van der Waals surface area contributed by atoms with E-state index in [1.165, 1.54) is 6.07 Å². The molecule has 0 radical (unpaired) electrons. The molecule has 1 rings (SSSR count). The van der Waals surface area contributed by atoms with Crippen LogP contribution in [0.1, 0.15) is 31.4 Å². The summed E-state index contributed by atoms with van der Waals surface area (Å²) in [5.74, 6) is -0.133. The maximum atomic E-state index is 13.1. The number of rotatable bonds is 7. The van der Waals surface area contributed by atoms with E-state index in [1.54, 1.807) is 6.92 Å². The van der Waals surface area contributed by atoms with E-state index < -0.39 is 0 Å². The fourth-order valence-corrected chi connectivity index (χ4v) is 1.68. The summed E-state index contributed by atoms with van der Waals surface area (Å²) in [6.45, 7) is 8.92. The molecule has 0 saturated carbocycles. The third kappa shape index (κ3) is 5.29. The zero-order valence-electron chi connectivity index (χ0n) is 11.0. The molecule has 0 aliphatic carbocycles. The second-order valence-electron chi connectivity index (χ2n) is 4.57. The summed E-state index contributed by atoms with van der Waals surface area (Å²) in [4.78, 5) is 0. The summed E-state index contributed by atoms with van der Waals surface area (Å²) in [5, 5.41) is 6.79. The molecule has 96 valence electrons. The zero-order valence-corrected chi connectivity index (χ0v) is 11.0. The van der Waals surface area contributed by atoms with Crippen molar-refractivity contribution >= 4 is 0 Å². The molecule has 0 amide bonds. The lowest BCUT2D eigenvalue weighted by molar-refractivity contribution is 0.501. The van der Waals surface area contributed by atoms with Crippen LogP contribution in [0.5, 0.6) is 0 Å². The number of benzene rings is 1. The number of hydrogen-bond donors (Lipinski definition) is 2. The minimum Gasteiger partial charge on any atom is -0.315 e. The average molecular weight is 238 g/mol. The maximum Gasteiger partial charge on any atom is 0.126 e. The SMILES string of the molecule is CCCNCC(C)NCc1ccc(F)c(C)c1. The number of hydrogen-bond acceptors (Lipinski definition) is 2. The largest absolute Gasteiger partial charge is 0.315 e. The van der Waals surface area contributed by atoms with Gasteiger partial charge < -0.3 is 10.6 Å². The van der Waals surface area contributed by atoms with Crippen LogP contribution in [-0.4, -0.2) is 19.1 Å². The quantitative estimate of drug-likeness (QED) is 0.714. The van der Waals surface area contributed by atoms with E-state index in [-0.39, 0.29) is 5.82 Å². The van der Waals surface area contributed by atoms with Gasteiger partial charge in [-0.15, -0.1) is 0 Å². The van der Waals surface area contributed by atoms with Gasteiger partial charge in [0.1, 0.15) is 5.82 Å². The van der Waals surface area contributed by atoms with E-state index in [0.29, 0.717) is 11.6 Å². The van der Waals surface area contributed by atoms with Gasteiger partial charge in [-0.2, -0.15) is 0 Å². The molecule has 1 unspecified atom stereocenters. The lowest BCUT2D eigenvalue weighted by Gasteiger charge is -2.14. The highest BCUT2D eigenvalue weighted by molar-refractivity contribution is 5.23. The Bertz CT molecular complexity index is 339. The van der Waals surface area contributed by atoms with Crippen LogP contribution in [0.25, 0.3) is 0 Å². The molecular weight excluding hydrogens is 215 g/mol. The first kappa shape index (κ1) is 14.1. The average Bonchev–Trinajstić information content (AvgIpc) is 2.31. The summed E-state index contributed by atoms with van der Waals surface area (Å²) in [5.41, 5.74) is 1.84. The summed E-state index contributed by atoms with van der Waals surface area (Å²) >= 11 is 0. The molecule has 0 spiro atoms. The maximum absolute atomic E-state index is 13.1. The van der Waals surface area contributed by atoms with E-state index in [9.17, 15) is 4.39 Å². The van der Waals surface area contributed by atoms with Crippen LogP contribution in [0.4, 0.5) is 4.39 Å². The Morgan fingerprint density at radius 2 is 2.12 bits per heavy atom. The first-order valence-electron chi connectivity index (χ1n) is 6.32. The lowest BCUT2D eigenvalue weighted by Crippen LogP contribution is -2.36. The third-order valence-corrected chi connectivity index (χ3v) is 2.75. The van der Waals surface area contributed by atoms with Crippen molar-refractivity contribution < 1.29 is 4.39 Å². The van der Waals surface area contributed by atoms with Crippen molar-refractivity contribution in [2.75, 3.05) is 13.1 Å². The molecule has 1 aromatic rings. The van der Waals surface area contributed by atoms with Crippen molar-refractivity contribution in [2.45, 2.75) is 39.8 Å². The third-order valence-electron chi connectivity index (χ3n) is 2.75. The normalized spacial score (nSPS) is 12.7. The molecule has 0 bridgehead atoms. The van der Waals surface area contributed by atoms with Crippen molar-refractivity contribution in [3.63, 3.8) is 0 Å². The molecule has 0 saturated heterocycles. The summed E-state index contributed by atoms with van der Waals surface area (Å²) in [6, 6.07) is 5.69. The van der Waals surface area contributed by atoms with Crippen LogP contribution in [0, 0.1) is 12.7 Å². The molecule has 0 heterocycles. The predicted molar refractivity (Wildman–Crippen MR) is 70.6 cm³/mol.